The van der Waals surface area contributed by atoms with Crippen LogP contribution in [-0.4, -0.2) is 20.4 Å². The molecular weight excluding hydrogens is 697 g/mol. The number of nitrogens with zero attached hydrogens (tertiary/aromatic N) is 1. The topological polar surface area (TPSA) is 14.2 Å². The summed E-state index contributed by atoms with van der Waals surface area (Å²) in [5.41, 5.74) is 1.41. The van der Waals surface area contributed by atoms with Crippen LogP contribution in [0.15, 0.2) is 60.8 Å². The van der Waals surface area contributed by atoms with Crippen LogP contribution in [0.1, 0.15) is 68.7 Å². The van der Waals surface area contributed by atoms with Crippen LogP contribution in [0, 0.1) is 4.51 Å². The van der Waals surface area contributed by atoms with Gasteiger partial charge in [0.1, 0.15) is 16.8 Å². The van der Waals surface area contributed by atoms with Gasteiger partial charge < -0.3 is 4.74 Å². The summed E-state index contributed by atoms with van der Waals surface area (Å²) in [5, 5.41) is -1.16. The quantitative estimate of drug-likeness (QED) is 0.0631. The van der Waals surface area contributed by atoms with Gasteiger partial charge in [0.15, 0.2) is 5.56 Å². The first kappa shape index (κ1) is 36.4. The molecule has 3 rings (SSSR count). The molecule has 0 aliphatic carbocycles. The summed E-state index contributed by atoms with van der Waals surface area (Å²) in [6, 6.07) is 12.2. The lowest BCUT2D eigenvalue weighted by Gasteiger charge is -2.24. The van der Waals surface area contributed by atoms with Crippen molar-refractivity contribution >= 4 is 82.0 Å². The Morgan fingerprint density at radius 2 is 1.65 bits per heavy atom. The monoisotopic (exact) mass is 727 g/mol. The molecule has 234 valence electrons. The van der Waals surface area contributed by atoms with Crippen LogP contribution in [0.3, 0.4) is 0 Å². The van der Waals surface area contributed by atoms with Gasteiger partial charge in [-0.1, -0.05) is 92.1 Å². The number of aromatic nitrogens is 1. The highest BCUT2D eigenvalue weighted by Crippen LogP contribution is 2.42. The van der Waals surface area contributed by atoms with Crippen molar-refractivity contribution in [3.8, 4) is 28.0 Å². The maximum atomic E-state index is 14.4. The second-order valence-electron chi connectivity index (χ2n) is 9.97. The largest absolute Gasteiger partial charge is 0.472 e. The summed E-state index contributed by atoms with van der Waals surface area (Å²) in [7, 11) is 0. The van der Waals surface area contributed by atoms with E-state index in [9.17, 15) is 8.78 Å². The summed E-state index contributed by atoms with van der Waals surface area (Å²) in [6.45, 7) is 2.18. The first-order chi connectivity index (χ1) is 20.6. The van der Waals surface area contributed by atoms with E-state index in [0.29, 0.717) is 34.4 Å². The van der Waals surface area contributed by atoms with Crippen LogP contribution in [-0.2, 0) is 11.8 Å². The molecule has 11 heteroatoms. The van der Waals surface area contributed by atoms with E-state index in [1.54, 1.807) is 42.5 Å². The molecule has 0 bridgehead atoms. The number of halogens is 8. The fourth-order valence-electron chi connectivity index (χ4n) is 4.64. The Morgan fingerprint density at radius 1 is 0.930 bits per heavy atom. The lowest BCUT2D eigenvalue weighted by atomic mass is 9.94. The summed E-state index contributed by atoms with van der Waals surface area (Å²) in [6.07, 6.45) is 8.72. The molecule has 0 spiro atoms. The Labute approximate surface area is 287 Å². The molecule has 2 aromatic carbocycles. The van der Waals surface area contributed by atoms with E-state index >= 15 is 0 Å². The van der Waals surface area contributed by atoms with Crippen LogP contribution >= 0.6 is 82.0 Å². The van der Waals surface area contributed by atoms with Crippen molar-refractivity contribution in [2.45, 2.75) is 80.0 Å². The molecule has 0 saturated heterocycles. The van der Waals surface area contributed by atoms with E-state index in [0.717, 1.165) is 22.5 Å². The molecule has 3 aromatic rings. The maximum absolute atomic E-state index is 14.4. The number of alkyl halides is 7. The minimum atomic E-state index is -2.92. The molecule has 43 heavy (non-hydrogen) atoms. The van der Waals surface area contributed by atoms with E-state index in [1.807, 2.05) is 0 Å². The number of hydrogen-bond donors (Lipinski definition) is 0. The molecule has 0 radical (unpaired) electrons. The third-order valence-electron chi connectivity index (χ3n) is 6.91. The number of para-hydroxylation sites is 1. The fourth-order valence-corrected chi connectivity index (χ4v) is 6.45. The summed E-state index contributed by atoms with van der Waals surface area (Å²) in [5.74, 6) is 0.650. The molecular formula is C32H33Cl6F2NOS. The predicted molar refractivity (Wildman–Crippen MR) is 184 cm³/mol. The number of benzene rings is 2. The van der Waals surface area contributed by atoms with Gasteiger partial charge in [-0.25, -0.2) is 8.78 Å². The number of allylic oxidation sites excluding steroid dienone is 2. The highest BCUT2D eigenvalue weighted by Gasteiger charge is 2.28. The van der Waals surface area contributed by atoms with Crippen molar-refractivity contribution in [3.05, 3.63) is 82.1 Å². The first-order valence-electron chi connectivity index (χ1n) is 14.0. The van der Waals surface area contributed by atoms with Gasteiger partial charge in [-0.3, -0.25) is 4.09 Å². The normalized spacial score (nSPS) is 13.9. The van der Waals surface area contributed by atoms with Crippen molar-refractivity contribution in [1.82, 2.24) is 4.09 Å². The zero-order valence-corrected chi connectivity index (χ0v) is 28.9. The van der Waals surface area contributed by atoms with Gasteiger partial charge in [0.25, 0.3) is 6.43 Å². The lowest BCUT2D eigenvalue weighted by Crippen LogP contribution is -2.30. The van der Waals surface area contributed by atoms with Crippen molar-refractivity contribution in [2.24, 2.45) is 0 Å². The Hall–Kier alpha value is -1.05. The zero-order chi connectivity index (χ0) is 31.5. The molecule has 0 aliphatic heterocycles. The maximum Gasteiger partial charge on any atom is 0.280 e. The second kappa shape index (κ2) is 18.2. The molecule has 3 atom stereocenters. The number of ether oxygens (including phenoxy) is 1. The lowest BCUT2D eigenvalue weighted by molar-refractivity contribution is 0.145. The van der Waals surface area contributed by atoms with Gasteiger partial charge in [-0.05, 0) is 48.4 Å². The van der Waals surface area contributed by atoms with Crippen LogP contribution in [0.5, 0.6) is 5.75 Å². The van der Waals surface area contributed by atoms with Crippen LogP contribution < -0.4 is 4.74 Å². The van der Waals surface area contributed by atoms with Gasteiger partial charge in [0.2, 0.25) is 0 Å². The Morgan fingerprint density at radius 3 is 2.33 bits per heavy atom. The van der Waals surface area contributed by atoms with E-state index in [-0.39, 0.29) is 21.8 Å². The highest BCUT2D eigenvalue weighted by atomic mass is 35.5. The van der Waals surface area contributed by atoms with Crippen molar-refractivity contribution < 1.29 is 13.5 Å². The third kappa shape index (κ3) is 9.72. The third-order valence-corrected chi connectivity index (χ3v) is 9.85. The average molecular weight is 730 g/mol. The molecule has 0 amide bonds. The van der Waals surface area contributed by atoms with Gasteiger partial charge in [-0.15, -0.1) is 46.4 Å². The molecule has 0 saturated carbocycles. The Bertz CT molecular complexity index is 1430. The van der Waals surface area contributed by atoms with E-state index < -0.39 is 28.4 Å². The molecule has 0 N–H and O–H groups in total. The molecule has 2 nitrogen and oxygen atoms in total. The van der Waals surface area contributed by atoms with Crippen molar-refractivity contribution in [1.29, 1.82) is 0 Å². The SMILES string of the molecule is CCCCCC=CCCC(Cl)C(Cl)C(Cl)Oc1ccccc1-c1cn(Cl)c(C(F)F)c(-c2ccc(CCl)cc2CCl)c1=S. The summed E-state index contributed by atoms with van der Waals surface area (Å²) in [4.78, 5) is 0. The number of hydrogen-bond acceptors (Lipinski definition) is 2. The average Bonchev–Trinajstić information content (AvgIpc) is 3.00. The van der Waals surface area contributed by atoms with Crippen LogP contribution in [0.25, 0.3) is 22.3 Å². The van der Waals surface area contributed by atoms with Crippen molar-refractivity contribution in [2.75, 3.05) is 0 Å². The predicted octanol–water partition coefficient (Wildman–Crippen LogP) is 13.0. The van der Waals surface area contributed by atoms with Gasteiger partial charge in [0.05, 0.1) is 9.89 Å². The second-order valence-corrected chi connectivity index (χ2v) is 12.8. The molecule has 1 aromatic heterocycles. The van der Waals surface area contributed by atoms with Crippen LogP contribution in [0.2, 0.25) is 0 Å². The minimum absolute atomic E-state index is 0.0585. The Kier molecular flexibility index (Phi) is 15.4. The summed E-state index contributed by atoms with van der Waals surface area (Å²) >= 11 is 44.3. The molecule has 1 heterocycles. The van der Waals surface area contributed by atoms with Crippen LogP contribution in [0.4, 0.5) is 8.78 Å². The van der Waals surface area contributed by atoms with Gasteiger partial charge in [-0.2, -0.15) is 0 Å². The van der Waals surface area contributed by atoms with Crippen molar-refractivity contribution in [3.63, 3.8) is 0 Å². The zero-order valence-electron chi connectivity index (χ0n) is 23.5. The first-order valence-corrected chi connectivity index (χ1v) is 17.1. The summed E-state index contributed by atoms with van der Waals surface area (Å²) < 4.78 is 35.9. The number of rotatable bonds is 16. The van der Waals surface area contributed by atoms with E-state index in [1.165, 1.54) is 25.5 Å². The smallest absolute Gasteiger partial charge is 0.280 e. The molecule has 3 unspecified atom stereocenters. The highest BCUT2D eigenvalue weighted by molar-refractivity contribution is 7.71. The number of pyridine rings is 1. The van der Waals surface area contributed by atoms with E-state index in [4.69, 9.17) is 86.7 Å². The van der Waals surface area contributed by atoms with Gasteiger partial charge in [0, 0.05) is 46.4 Å². The molecule has 0 fully saturated rings. The number of unbranched alkanes of at least 4 members (excludes halogenated alkanes) is 3. The Balaban J connectivity index is 1.94. The van der Waals surface area contributed by atoms with E-state index in [2.05, 4.69) is 19.1 Å². The molecule has 0 aliphatic rings. The standard InChI is InChI=1S/C32H33Cl6F2NOS/c1-2-3-4-5-6-7-8-12-25(35)28(36)31(37)42-26-13-10-9-11-23(26)24-19-41(38)29(32(39)40)27(30(24)43)22-15-14-20(17-33)16-21(22)18-34/h6-7,9-11,13-16,19,25,28,31-32H,2-5,8,12,17-18H2,1H3. The fraction of sp³-hybridized carbons (Fsp3) is 0.406. The van der Waals surface area contributed by atoms with Gasteiger partial charge >= 0.3 is 0 Å². The minimum Gasteiger partial charge on any atom is -0.472 e.